The van der Waals surface area contributed by atoms with Gasteiger partial charge < -0.3 is 24.8 Å². The van der Waals surface area contributed by atoms with Crippen LogP contribution in [0.25, 0.3) is 0 Å². The molecule has 2 N–H and O–H groups in total. The highest BCUT2D eigenvalue weighted by Gasteiger charge is 2.26. The number of amides is 2. The Morgan fingerprint density at radius 3 is 2.54 bits per heavy atom. The highest BCUT2D eigenvalue weighted by molar-refractivity contribution is 5.97. The summed E-state index contributed by atoms with van der Waals surface area (Å²) in [7, 11) is 0. The molecule has 0 fully saturated rings. The molecule has 0 aliphatic carbocycles. The van der Waals surface area contributed by atoms with Crippen molar-refractivity contribution in [3.8, 4) is 11.5 Å². The molecule has 1 aliphatic rings. The second kappa shape index (κ2) is 11.2. The molecule has 180 valence electrons. The molecule has 0 aromatic heterocycles. The number of aryl methyl sites for hydroxylation is 1. The summed E-state index contributed by atoms with van der Waals surface area (Å²) in [6.07, 6.45) is -0.179. The van der Waals surface area contributed by atoms with Gasteiger partial charge in [-0.05, 0) is 49.2 Å². The third kappa shape index (κ3) is 6.17. The van der Waals surface area contributed by atoms with Crippen LogP contribution < -0.4 is 20.1 Å². The van der Waals surface area contributed by atoms with Crippen LogP contribution in [-0.4, -0.2) is 31.0 Å². The molecule has 35 heavy (non-hydrogen) atoms. The van der Waals surface area contributed by atoms with E-state index >= 15 is 0 Å². The quantitative estimate of drug-likeness (QED) is 0.449. The summed E-state index contributed by atoms with van der Waals surface area (Å²) in [5, 5.41) is 5.60. The predicted molar refractivity (Wildman–Crippen MR) is 130 cm³/mol. The molecule has 0 radical (unpaired) electrons. The Bertz CT molecular complexity index is 1210. The molecule has 3 aromatic carbocycles. The van der Waals surface area contributed by atoms with E-state index in [-0.39, 0.29) is 12.5 Å². The van der Waals surface area contributed by atoms with Crippen molar-refractivity contribution < 1.29 is 28.6 Å². The molecule has 8 heteroatoms. The Hall–Kier alpha value is -4.33. The minimum atomic E-state index is -1.18. The Morgan fingerprint density at radius 1 is 0.971 bits per heavy atom. The van der Waals surface area contributed by atoms with Gasteiger partial charge in [0, 0.05) is 17.7 Å². The van der Waals surface area contributed by atoms with Crippen LogP contribution in [0.15, 0.2) is 72.8 Å². The van der Waals surface area contributed by atoms with Gasteiger partial charge in [-0.3, -0.25) is 9.59 Å². The van der Waals surface area contributed by atoms with Crippen LogP contribution in [0.1, 0.15) is 30.6 Å². The van der Waals surface area contributed by atoms with Crippen molar-refractivity contribution in [1.29, 1.82) is 0 Å². The van der Waals surface area contributed by atoms with Crippen LogP contribution in [-0.2, 0) is 25.5 Å². The number of nitrogens with one attached hydrogen (secondary N) is 2. The van der Waals surface area contributed by atoms with Crippen LogP contribution in [0.4, 0.5) is 11.4 Å². The summed E-state index contributed by atoms with van der Waals surface area (Å²) in [6.45, 7) is 1.92. The summed E-state index contributed by atoms with van der Waals surface area (Å²) in [4.78, 5) is 37.3. The number of carbonyl (C=O) groups excluding carboxylic acids is 3. The minimum absolute atomic E-state index is 0.0242. The average molecular weight is 475 g/mol. The van der Waals surface area contributed by atoms with Gasteiger partial charge in [0.2, 0.25) is 12.0 Å². The standard InChI is InChI=1S/C27H26N2O6/c1-2-33-23-11-7-6-10-22(23)29-27(32)26(18-8-4-3-5-9-18)35-25(31)17-34-20-13-14-21-19(16-20)12-15-24(30)28-21/h3-11,13-14,16,26H,2,12,15,17H2,1H3,(H,28,30)(H,29,32). The lowest BCUT2D eigenvalue weighted by atomic mass is 10.0. The second-order valence-corrected chi connectivity index (χ2v) is 7.85. The third-order valence-electron chi connectivity index (χ3n) is 5.36. The first-order valence-corrected chi connectivity index (χ1v) is 11.4. The molecule has 1 unspecified atom stereocenters. The molecule has 1 aliphatic heterocycles. The third-order valence-corrected chi connectivity index (χ3v) is 5.36. The Kier molecular flexibility index (Phi) is 7.62. The lowest BCUT2D eigenvalue weighted by Crippen LogP contribution is -2.28. The largest absolute Gasteiger partial charge is 0.492 e. The summed E-state index contributed by atoms with van der Waals surface area (Å²) < 4.78 is 16.7. The van der Waals surface area contributed by atoms with Crippen LogP contribution in [0, 0.1) is 0 Å². The van der Waals surface area contributed by atoms with E-state index in [0.29, 0.717) is 42.2 Å². The van der Waals surface area contributed by atoms with E-state index in [2.05, 4.69) is 10.6 Å². The number of para-hydroxylation sites is 2. The smallest absolute Gasteiger partial charge is 0.345 e. The maximum absolute atomic E-state index is 13.1. The summed E-state index contributed by atoms with van der Waals surface area (Å²) in [5.41, 5.74) is 2.68. The van der Waals surface area contributed by atoms with Gasteiger partial charge >= 0.3 is 5.97 Å². The van der Waals surface area contributed by atoms with E-state index in [4.69, 9.17) is 14.2 Å². The molecule has 3 aromatic rings. The van der Waals surface area contributed by atoms with Gasteiger partial charge in [0.1, 0.15) is 11.5 Å². The molecular weight excluding hydrogens is 448 g/mol. The van der Waals surface area contributed by atoms with Gasteiger partial charge in [-0.2, -0.15) is 0 Å². The van der Waals surface area contributed by atoms with E-state index in [1.807, 2.05) is 13.0 Å². The van der Waals surface area contributed by atoms with Crippen LogP contribution >= 0.6 is 0 Å². The van der Waals surface area contributed by atoms with Crippen molar-refractivity contribution in [3.05, 3.63) is 83.9 Å². The van der Waals surface area contributed by atoms with E-state index in [9.17, 15) is 14.4 Å². The van der Waals surface area contributed by atoms with Crippen LogP contribution in [0.5, 0.6) is 11.5 Å². The SMILES string of the molecule is CCOc1ccccc1NC(=O)C(OC(=O)COc1ccc2c(c1)CCC(=O)N2)c1ccccc1. The van der Waals surface area contributed by atoms with Crippen LogP contribution in [0.2, 0.25) is 0 Å². The van der Waals surface area contributed by atoms with Crippen molar-refractivity contribution >= 4 is 29.2 Å². The highest BCUT2D eigenvalue weighted by atomic mass is 16.6. The topological polar surface area (TPSA) is 103 Å². The number of rotatable bonds is 9. The summed E-state index contributed by atoms with van der Waals surface area (Å²) in [6, 6.07) is 21.0. The number of fused-ring (bicyclic) bond motifs is 1. The first-order valence-electron chi connectivity index (χ1n) is 11.4. The van der Waals surface area contributed by atoms with Crippen molar-refractivity contribution in [3.63, 3.8) is 0 Å². The highest BCUT2D eigenvalue weighted by Crippen LogP contribution is 2.28. The van der Waals surface area contributed by atoms with Gasteiger partial charge in [0.15, 0.2) is 6.61 Å². The maximum atomic E-state index is 13.1. The van der Waals surface area contributed by atoms with Gasteiger partial charge in [0.25, 0.3) is 5.91 Å². The first-order chi connectivity index (χ1) is 17.0. The summed E-state index contributed by atoms with van der Waals surface area (Å²) in [5.74, 6) is -0.236. The predicted octanol–water partition coefficient (Wildman–Crippen LogP) is 4.27. The van der Waals surface area contributed by atoms with Gasteiger partial charge in [-0.15, -0.1) is 0 Å². The molecule has 1 atom stereocenters. The Labute approximate surface area is 203 Å². The number of esters is 1. The average Bonchev–Trinajstić information content (AvgIpc) is 2.87. The fraction of sp³-hybridized carbons (Fsp3) is 0.222. The lowest BCUT2D eigenvalue weighted by molar-refractivity contribution is -0.156. The van der Waals surface area contributed by atoms with Crippen molar-refractivity contribution in [2.24, 2.45) is 0 Å². The minimum Gasteiger partial charge on any atom is -0.492 e. The molecule has 1 heterocycles. The van der Waals surface area contributed by atoms with Crippen molar-refractivity contribution in [2.75, 3.05) is 23.8 Å². The zero-order valence-corrected chi connectivity index (χ0v) is 19.3. The molecule has 8 nitrogen and oxygen atoms in total. The Morgan fingerprint density at radius 2 is 1.74 bits per heavy atom. The van der Waals surface area contributed by atoms with E-state index in [1.165, 1.54) is 0 Å². The van der Waals surface area contributed by atoms with E-state index in [0.717, 1.165) is 11.3 Å². The molecule has 0 spiro atoms. The van der Waals surface area contributed by atoms with Crippen molar-refractivity contribution in [2.45, 2.75) is 25.9 Å². The normalized spacial score (nSPS) is 13.1. The number of benzene rings is 3. The Balaban J connectivity index is 1.44. The molecule has 4 rings (SSSR count). The molecule has 0 saturated heterocycles. The van der Waals surface area contributed by atoms with Gasteiger partial charge in [0.05, 0.1) is 12.3 Å². The monoisotopic (exact) mass is 474 g/mol. The van der Waals surface area contributed by atoms with Gasteiger partial charge in [-0.25, -0.2) is 4.79 Å². The molecule has 2 amide bonds. The molecule has 0 saturated carbocycles. The number of hydrogen-bond acceptors (Lipinski definition) is 6. The van der Waals surface area contributed by atoms with Gasteiger partial charge in [-0.1, -0.05) is 42.5 Å². The summed E-state index contributed by atoms with van der Waals surface area (Å²) >= 11 is 0. The van der Waals surface area contributed by atoms with Crippen LogP contribution in [0.3, 0.4) is 0 Å². The number of hydrogen-bond donors (Lipinski definition) is 2. The number of anilines is 2. The number of ether oxygens (including phenoxy) is 3. The zero-order valence-electron chi connectivity index (χ0n) is 19.3. The first kappa shape index (κ1) is 23.8. The maximum Gasteiger partial charge on any atom is 0.345 e. The number of carbonyl (C=O) groups is 3. The zero-order chi connectivity index (χ0) is 24.6. The lowest BCUT2D eigenvalue weighted by Gasteiger charge is -2.20. The molecule has 0 bridgehead atoms. The molecular formula is C27H26N2O6. The fourth-order valence-corrected chi connectivity index (χ4v) is 3.71. The second-order valence-electron chi connectivity index (χ2n) is 7.85. The van der Waals surface area contributed by atoms with Crippen molar-refractivity contribution in [1.82, 2.24) is 0 Å². The fourth-order valence-electron chi connectivity index (χ4n) is 3.71. The van der Waals surface area contributed by atoms with E-state index < -0.39 is 18.0 Å². The van der Waals surface area contributed by atoms with E-state index in [1.54, 1.807) is 66.7 Å².